The molecule has 0 saturated heterocycles. The Bertz CT molecular complexity index is 1370. The number of carboxylic acids is 1. The van der Waals surface area contributed by atoms with Gasteiger partial charge in [-0.3, -0.25) is 4.79 Å². The number of carbonyl (C=O) groups is 1. The summed E-state index contributed by atoms with van der Waals surface area (Å²) >= 11 is 0. The molecule has 0 aliphatic carbocycles. The Balaban J connectivity index is 1.62. The maximum absolute atomic E-state index is 11.0. The molecule has 34 heavy (non-hydrogen) atoms. The third-order valence-corrected chi connectivity index (χ3v) is 5.73. The van der Waals surface area contributed by atoms with E-state index in [-0.39, 0.29) is 6.42 Å². The summed E-state index contributed by atoms with van der Waals surface area (Å²) in [4.78, 5) is 16.0. The SMILES string of the molecule is O=C(O)CCc1cccc(-c2ccccc2-c2nc(-c3ccccc3)c(-c3ccccc3)o2)c1. The monoisotopic (exact) mass is 445 g/mol. The lowest BCUT2D eigenvalue weighted by atomic mass is 9.97. The van der Waals surface area contributed by atoms with E-state index in [0.29, 0.717) is 12.3 Å². The molecular formula is C30H23NO3. The Morgan fingerprint density at radius 1 is 0.706 bits per heavy atom. The highest BCUT2D eigenvalue weighted by Gasteiger charge is 2.20. The summed E-state index contributed by atoms with van der Waals surface area (Å²) in [5.74, 6) is 0.475. The van der Waals surface area contributed by atoms with Crippen molar-refractivity contribution in [3.8, 4) is 45.2 Å². The van der Waals surface area contributed by atoms with Gasteiger partial charge in [0.25, 0.3) is 0 Å². The van der Waals surface area contributed by atoms with Crippen molar-refractivity contribution < 1.29 is 14.3 Å². The molecule has 0 aliphatic heterocycles. The van der Waals surface area contributed by atoms with Crippen molar-refractivity contribution in [3.63, 3.8) is 0 Å². The zero-order valence-corrected chi connectivity index (χ0v) is 18.5. The number of benzene rings is 4. The van der Waals surface area contributed by atoms with Gasteiger partial charge in [-0.25, -0.2) is 4.98 Å². The number of aryl methyl sites for hydroxylation is 1. The Labute approximate surface area is 198 Å². The maximum Gasteiger partial charge on any atom is 0.303 e. The predicted molar refractivity (Wildman–Crippen MR) is 134 cm³/mol. The maximum atomic E-state index is 11.0. The number of nitrogens with zero attached hydrogens (tertiary/aromatic N) is 1. The normalized spacial score (nSPS) is 10.8. The zero-order valence-electron chi connectivity index (χ0n) is 18.5. The minimum absolute atomic E-state index is 0.103. The summed E-state index contributed by atoms with van der Waals surface area (Å²) in [5.41, 5.74) is 6.61. The average Bonchev–Trinajstić information content (AvgIpc) is 3.34. The van der Waals surface area contributed by atoms with Gasteiger partial charge in [-0.15, -0.1) is 0 Å². The van der Waals surface area contributed by atoms with Crippen LogP contribution in [-0.4, -0.2) is 16.1 Å². The quantitative estimate of drug-likeness (QED) is 0.284. The first-order valence-corrected chi connectivity index (χ1v) is 11.2. The van der Waals surface area contributed by atoms with Crippen LogP contribution in [-0.2, 0) is 11.2 Å². The molecule has 1 N–H and O–H groups in total. The first kappa shape index (κ1) is 21.4. The minimum atomic E-state index is -0.799. The van der Waals surface area contributed by atoms with E-state index in [0.717, 1.165) is 44.8 Å². The number of aromatic nitrogens is 1. The molecule has 0 atom stereocenters. The molecule has 166 valence electrons. The van der Waals surface area contributed by atoms with Gasteiger partial charge in [0.2, 0.25) is 5.89 Å². The van der Waals surface area contributed by atoms with Gasteiger partial charge in [0, 0.05) is 23.1 Å². The lowest BCUT2D eigenvalue weighted by molar-refractivity contribution is -0.136. The van der Waals surface area contributed by atoms with Crippen LogP contribution in [0, 0.1) is 0 Å². The van der Waals surface area contributed by atoms with Crippen molar-refractivity contribution in [1.29, 1.82) is 0 Å². The highest BCUT2D eigenvalue weighted by Crippen LogP contribution is 2.39. The second kappa shape index (κ2) is 9.59. The van der Waals surface area contributed by atoms with E-state index < -0.39 is 5.97 Å². The number of aliphatic carboxylic acids is 1. The Kier molecular flexibility index (Phi) is 6.04. The van der Waals surface area contributed by atoms with Crippen LogP contribution in [0.2, 0.25) is 0 Å². The van der Waals surface area contributed by atoms with Gasteiger partial charge in [0.1, 0.15) is 5.69 Å². The van der Waals surface area contributed by atoms with E-state index in [1.54, 1.807) is 0 Å². The topological polar surface area (TPSA) is 63.3 Å². The van der Waals surface area contributed by atoms with E-state index in [9.17, 15) is 4.79 Å². The van der Waals surface area contributed by atoms with Crippen molar-refractivity contribution in [2.75, 3.05) is 0 Å². The average molecular weight is 446 g/mol. The molecule has 4 heteroatoms. The van der Waals surface area contributed by atoms with Crippen molar-refractivity contribution in [2.24, 2.45) is 0 Å². The standard InChI is InChI=1S/C30H23NO3/c32-27(33)19-18-21-10-9-15-24(20-21)25-16-7-8-17-26(25)30-31-28(22-11-3-1-4-12-22)29(34-30)23-13-5-2-6-14-23/h1-17,20H,18-19H2,(H,32,33). The first-order valence-electron chi connectivity index (χ1n) is 11.2. The van der Waals surface area contributed by atoms with E-state index in [4.69, 9.17) is 14.5 Å². The number of hydrogen-bond donors (Lipinski definition) is 1. The molecule has 1 heterocycles. The molecule has 0 bridgehead atoms. The fraction of sp³-hybridized carbons (Fsp3) is 0.0667. The molecule has 0 aliphatic rings. The van der Waals surface area contributed by atoms with Gasteiger partial charge >= 0.3 is 5.97 Å². The molecule has 0 amide bonds. The summed E-state index contributed by atoms with van der Waals surface area (Å²) in [6.45, 7) is 0. The summed E-state index contributed by atoms with van der Waals surface area (Å²) in [5, 5.41) is 9.05. The molecule has 4 nitrogen and oxygen atoms in total. The van der Waals surface area contributed by atoms with Gasteiger partial charge in [0.15, 0.2) is 5.76 Å². The Morgan fingerprint density at radius 2 is 1.32 bits per heavy atom. The summed E-state index contributed by atoms with van der Waals surface area (Å²) in [7, 11) is 0. The lowest BCUT2D eigenvalue weighted by Gasteiger charge is -2.09. The molecule has 0 radical (unpaired) electrons. The van der Waals surface area contributed by atoms with Crippen LogP contribution >= 0.6 is 0 Å². The molecule has 0 fully saturated rings. The minimum Gasteiger partial charge on any atom is -0.481 e. The Hall–Kier alpha value is -4.44. The van der Waals surface area contributed by atoms with Crippen molar-refractivity contribution in [2.45, 2.75) is 12.8 Å². The second-order valence-electron chi connectivity index (χ2n) is 8.07. The zero-order chi connectivity index (χ0) is 23.3. The van der Waals surface area contributed by atoms with Crippen molar-refractivity contribution in [3.05, 3.63) is 115 Å². The van der Waals surface area contributed by atoms with Crippen LogP contribution in [0.3, 0.4) is 0 Å². The molecular weight excluding hydrogens is 422 g/mol. The molecule has 4 aromatic carbocycles. The summed E-state index contributed by atoms with van der Waals surface area (Å²) in [6, 6.07) is 36.1. The van der Waals surface area contributed by atoms with Gasteiger partial charge in [0.05, 0.1) is 0 Å². The highest BCUT2D eigenvalue weighted by atomic mass is 16.4. The summed E-state index contributed by atoms with van der Waals surface area (Å²) in [6.07, 6.45) is 0.590. The van der Waals surface area contributed by atoms with Crippen LogP contribution in [0.1, 0.15) is 12.0 Å². The Morgan fingerprint density at radius 3 is 2.03 bits per heavy atom. The van der Waals surface area contributed by atoms with Crippen LogP contribution in [0.4, 0.5) is 0 Å². The highest BCUT2D eigenvalue weighted by molar-refractivity contribution is 5.84. The number of oxazole rings is 1. The fourth-order valence-electron chi connectivity index (χ4n) is 4.08. The molecule has 0 spiro atoms. The largest absolute Gasteiger partial charge is 0.481 e. The number of carboxylic acid groups (broad SMARTS) is 1. The van der Waals surface area contributed by atoms with Gasteiger partial charge in [-0.2, -0.15) is 0 Å². The van der Waals surface area contributed by atoms with Crippen LogP contribution in [0.15, 0.2) is 114 Å². The molecule has 5 aromatic rings. The molecule has 0 unspecified atom stereocenters. The summed E-state index contributed by atoms with van der Waals surface area (Å²) < 4.78 is 6.42. The van der Waals surface area contributed by atoms with Crippen LogP contribution < -0.4 is 0 Å². The van der Waals surface area contributed by atoms with Gasteiger partial charge in [-0.1, -0.05) is 103 Å². The number of hydrogen-bond acceptors (Lipinski definition) is 3. The van der Waals surface area contributed by atoms with Crippen LogP contribution in [0.5, 0.6) is 0 Å². The molecule has 5 rings (SSSR count). The first-order chi connectivity index (χ1) is 16.7. The predicted octanol–water partition coefficient (Wildman–Crippen LogP) is 7.36. The van der Waals surface area contributed by atoms with Gasteiger partial charge in [-0.05, 0) is 29.2 Å². The molecule has 1 aromatic heterocycles. The number of rotatable bonds is 7. The van der Waals surface area contributed by atoms with E-state index in [1.165, 1.54) is 0 Å². The fourth-order valence-corrected chi connectivity index (χ4v) is 4.08. The second-order valence-corrected chi connectivity index (χ2v) is 8.07. The smallest absolute Gasteiger partial charge is 0.303 e. The van der Waals surface area contributed by atoms with Crippen LogP contribution in [0.25, 0.3) is 45.2 Å². The van der Waals surface area contributed by atoms with Crippen molar-refractivity contribution in [1.82, 2.24) is 4.98 Å². The third-order valence-electron chi connectivity index (χ3n) is 5.73. The molecule has 0 saturated carbocycles. The van der Waals surface area contributed by atoms with E-state index in [2.05, 4.69) is 0 Å². The van der Waals surface area contributed by atoms with E-state index in [1.807, 2.05) is 109 Å². The van der Waals surface area contributed by atoms with Crippen molar-refractivity contribution >= 4 is 5.97 Å². The van der Waals surface area contributed by atoms with Gasteiger partial charge < -0.3 is 9.52 Å². The van der Waals surface area contributed by atoms with E-state index >= 15 is 0 Å². The third kappa shape index (κ3) is 4.52. The lowest BCUT2D eigenvalue weighted by Crippen LogP contribution is -1.97.